The number of hydrogen-bond donors (Lipinski definition) is 1. The Morgan fingerprint density at radius 2 is 2.16 bits per heavy atom. The van der Waals surface area contributed by atoms with Crippen LogP contribution in [-0.4, -0.2) is 43.1 Å². The van der Waals surface area contributed by atoms with E-state index < -0.39 is 0 Å². The first-order valence-corrected chi connectivity index (χ1v) is 6.62. The van der Waals surface area contributed by atoms with Gasteiger partial charge in [-0.3, -0.25) is 0 Å². The molecular formula is C14H20N4O. The Kier molecular flexibility index (Phi) is 2.86. The molecular weight excluding hydrogens is 240 g/mol. The highest BCUT2D eigenvalue weighted by Gasteiger charge is 2.33. The van der Waals surface area contributed by atoms with Crippen molar-refractivity contribution in [2.45, 2.75) is 13.0 Å². The van der Waals surface area contributed by atoms with E-state index in [1.165, 1.54) is 0 Å². The van der Waals surface area contributed by atoms with Gasteiger partial charge in [0, 0.05) is 24.8 Å². The molecule has 2 aromatic rings. The van der Waals surface area contributed by atoms with Crippen LogP contribution in [0.3, 0.4) is 0 Å². The second-order valence-electron chi connectivity index (χ2n) is 5.64. The highest BCUT2D eigenvalue weighted by atomic mass is 16.4. The maximum Gasteiger partial charge on any atom is 0.298 e. The Labute approximate surface area is 113 Å². The average Bonchev–Trinajstić information content (AvgIpc) is 2.91. The van der Waals surface area contributed by atoms with Crippen LogP contribution in [0.25, 0.3) is 11.1 Å². The smallest absolute Gasteiger partial charge is 0.298 e. The van der Waals surface area contributed by atoms with E-state index >= 15 is 0 Å². The lowest BCUT2D eigenvalue weighted by atomic mass is 10.1. The molecule has 0 saturated carbocycles. The molecule has 0 radical (unpaired) electrons. The van der Waals surface area contributed by atoms with Crippen molar-refractivity contribution in [1.29, 1.82) is 0 Å². The van der Waals surface area contributed by atoms with Gasteiger partial charge in [-0.25, -0.2) is 0 Å². The van der Waals surface area contributed by atoms with E-state index in [2.05, 4.69) is 35.8 Å². The van der Waals surface area contributed by atoms with Crippen molar-refractivity contribution in [3.8, 4) is 0 Å². The molecule has 1 aromatic carbocycles. The fourth-order valence-electron chi connectivity index (χ4n) is 2.85. The Bertz CT molecular complexity index is 592. The minimum absolute atomic E-state index is 0.542. The number of benzene rings is 1. The number of oxazole rings is 1. The largest absolute Gasteiger partial charge is 0.423 e. The van der Waals surface area contributed by atoms with E-state index in [1.54, 1.807) is 0 Å². The third-order valence-electron chi connectivity index (χ3n) is 3.91. The summed E-state index contributed by atoms with van der Waals surface area (Å²) in [6, 6.07) is 6.82. The molecule has 1 aliphatic rings. The second kappa shape index (κ2) is 4.42. The standard InChI is InChI=1S/C14H20N4O/c1-9-7-18(8-12(9)17(2)3)14-16-11-6-10(15)4-5-13(11)19-14/h4-6,9,12H,7-8,15H2,1-3H3. The summed E-state index contributed by atoms with van der Waals surface area (Å²) in [5.41, 5.74) is 8.11. The zero-order valence-corrected chi connectivity index (χ0v) is 11.6. The van der Waals surface area contributed by atoms with Crippen LogP contribution in [0.4, 0.5) is 11.7 Å². The van der Waals surface area contributed by atoms with Crippen molar-refractivity contribution in [2.75, 3.05) is 37.8 Å². The van der Waals surface area contributed by atoms with Gasteiger partial charge in [-0.15, -0.1) is 0 Å². The van der Waals surface area contributed by atoms with Gasteiger partial charge in [0.05, 0.1) is 0 Å². The number of anilines is 2. The van der Waals surface area contributed by atoms with Gasteiger partial charge >= 0.3 is 0 Å². The zero-order chi connectivity index (χ0) is 13.6. The predicted octanol–water partition coefficient (Wildman–Crippen LogP) is 1.80. The zero-order valence-electron chi connectivity index (χ0n) is 11.6. The lowest BCUT2D eigenvalue weighted by Gasteiger charge is -2.22. The van der Waals surface area contributed by atoms with Crippen molar-refractivity contribution in [1.82, 2.24) is 9.88 Å². The molecule has 0 aliphatic carbocycles. The van der Waals surface area contributed by atoms with Crippen molar-refractivity contribution >= 4 is 22.8 Å². The molecule has 0 amide bonds. The van der Waals surface area contributed by atoms with Crippen LogP contribution in [0.5, 0.6) is 0 Å². The topological polar surface area (TPSA) is 58.5 Å². The quantitative estimate of drug-likeness (QED) is 0.834. The van der Waals surface area contributed by atoms with Crippen molar-refractivity contribution in [3.05, 3.63) is 18.2 Å². The summed E-state index contributed by atoms with van der Waals surface area (Å²) in [5, 5.41) is 0. The lowest BCUT2D eigenvalue weighted by molar-refractivity contribution is 0.266. The molecule has 0 spiro atoms. The van der Waals surface area contributed by atoms with E-state index in [0.717, 1.165) is 24.2 Å². The van der Waals surface area contributed by atoms with Crippen LogP contribution in [0, 0.1) is 5.92 Å². The molecule has 5 nitrogen and oxygen atoms in total. The minimum atomic E-state index is 0.542. The Balaban J connectivity index is 1.89. The third-order valence-corrected chi connectivity index (χ3v) is 3.91. The van der Waals surface area contributed by atoms with Crippen LogP contribution in [-0.2, 0) is 0 Å². The molecule has 19 heavy (non-hydrogen) atoms. The molecule has 5 heteroatoms. The van der Waals surface area contributed by atoms with Gasteiger partial charge in [0.2, 0.25) is 0 Å². The Hall–Kier alpha value is -1.75. The Morgan fingerprint density at radius 1 is 1.37 bits per heavy atom. The number of aromatic nitrogens is 1. The molecule has 1 aliphatic heterocycles. The first-order valence-electron chi connectivity index (χ1n) is 6.62. The molecule has 1 aromatic heterocycles. The number of fused-ring (bicyclic) bond motifs is 1. The number of likely N-dealkylation sites (N-methyl/N-ethyl adjacent to an activating group) is 1. The van der Waals surface area contributed by atoms with Gasteiger partial charge in [-0.1, -0.05) is 6.92 Å². The van der Waals surface area contributed by atoms with E-state index in [1.807, 2.05) is 18.2 Å². The fraction of sp³-hybridized carbons (Fsp3) is 0.500. The maximum absolute atomic E-state index is 5.82. The van der Waals surface area contributed by atoms with Gasteiger partial charge in [0.25, 0.3) is 6.01 Å². The molecule has 2 heterocycles. The van der Waals surface area contributed by atoms with Crippen LogP contribution in [0.1, 0.15) is 6.92 Å². The highest BCUT2D eigenvalue weighted by Crippen LogP contribution is 2.29. The predicted molar refractivity (Wildman–Crippen MR) is 77.3 cm³/mol. The number of rotatable bonds is 2. The van der Waals surface area contributed by atoms with Crippen molar-refractivity contribution in [3.63, 3.8) is 0 Å². The van der Waals surface area contributed by atoms with Gasteiger partial charge in [-0.2, -0.15) is 4.98 Å². The van der Waals surface area contributed by atoms with Gasteiger partial charge < -0.3 is 20.0 Å². The van der Waals surface area contributed by atoms with E-state index in [9.17, 15) is 0 Å². The van der Waals surface area contributed by atoms with Gasteiger partial charge in [-0.05, 0) is 38.2 Å². The molecule has 102 valence electrons. The van der Waals surface area contributed by atoms with Gasteiger partial charge in [0.1, 0.15) is 5.52 Å². The summed E-state index contributed by atoms with van der Waals surface area (Å²) in [5.74, 6) is 0.607. The van der Waals surface area contributed by atoms with E-state index in [0.29, 0.717) is 23.7 Å². The molecule has 2 unspecified atom stereocenters. The third kappa shape index (κ3) is 2.14. The number of nitrogens with two attached hydrogens (primary N) is 1. The van der Waals surface area contributed by atoms with Crippen molar-refractivity contribution in [2.24, 2.45) is 5.92 Å². The van der Waals surface area contributed by atoms with E-state index in [4.69, 9.17) is 10.2 Å². The maximum atomic E-state index is 5.82. The van der Waals surface area contributed by atoms with Crippen molar-refractivity contribution < 1.29 is 4.42 Å². The van der Waals surface area contributed by atoms with Crippen LogP contribution in [0.2, 0.25) is 0 Å². The normalized spacial score (nSPS) is 23.7. The number of nitrogens with zero attached hydrogens (tertiary/aromatic N) is 3. The SMILES string of the molecule is CC1CN(c2nc3cc(N)ccc3o2)CC1N(C)C. The molecule has 2 atom stereocenters. The van der Waals surface area contributed by atoms with Crippen LogP contribution < -0.4 is 10.6 Å². The summed E-state index contributed by atoms with van der Waals surface area (Å²) in [7, 11) is 4.24. The second-order valence-corrected chi connectivity index (χ2v) is 5.64. The first kappa shape index (κ1) is 12.3. The van der Waals surface area contributed by atoms with E-state index in [-0.39, 0.29) is 0 Å². The monoisotopic (exact) mass is 260 g/mol. The molecule has 2 N–H and O–H groups in total. The van der Waals surface area contributed by atoms with Crippen LogP contribution in [0.15, 0.2) is 22.6 Å². The fourth-order valence-corrected chi connectivity index (χ4v) is 2.85. The first-order chi connectivity index (χ1) is 9.04. The molecule has 1 fully saturated rings. The summed E-state index contributed by atoms with van der Waals surface area (Å²) in [6.45, 7) is 4.20. The highest BCUT2D eigenvalue weighted by molar-refractivity contribution is 5.78. The summed E-state index contributed by atoms with van der Waals surface area (Å²) < 4.78 is 5.82. The average molecular weight is 260 g/mol. The minimum Gasteiger partial charge on any atom is -0.423 e. The summed E-state index contributed by atoms with van der Waals surface area (Å²) in [4.78, 5) is 9.03. The molecule has 1 saturated heterocycles. The van der Waals surface area contributed by atoms with Crippen LogP contribution >= 0.6 is 0 Å². The summed E-state index contributed by atoms with van der Waals surface area (Å²) >= 11 is 0. The number of nitrogen functional groups attached to an aromatic ring is 1. The Morgan fingerprint density at radius 3 is 2.84 bits per heavy atom. The molecule has 0 bridgehead atoms. The lowest BCUT2D eigenvalue weighted by Crippen LogP contribution is -2.34. The number of hydrogen-bond acceptors (Lipinski definition) is 5. The summed E-state index contributed by atoms with van der Waals surface area (Å²) in [6.07, 6.45) is 0. The van der Waals surface area contributed by atoms with Gasteiger partial charge in [0.15, 0.2) is 5.58 Å². The molecule has 3 rings (SSSR count).